The summed E-state index contributed by atoms with van der Waals surface area (Å²) in [6.07, 6.45) is 0. The van der Waals surface area contributed by atoms with Crippen molar-refractivity contribution in [2.24, 2.45) is 0 Å². The number of aromatic nitrogens is 1. The largest absolute Gasteiger partial charge is 0.377 e. The number of thiophene rings is 1. The van der Waals surface area contributed by atoms with Crippen molar-refractivity contribution >= 4 is 17.0 Å². The Morgan fingerprint density at radius 3 is 2.50 bits per heavy atom. The van der Waals surface area contributed by atoms with Gasteiger partial charge in [-0.05, 0) is 52.3 Å². The van der Waals surface area contributed by atoms with Crippen molar-refractivity contribution in [3.05, 3.63) is 44.4 Å². The van der Waals surface area contributed by atoms with Gasteiger partial charge < -0.3 is 5.32 Å². The smallest absolute Gasteiger partial charge is 0.103 e. The minimum Gasteiger partial charge on any atom is -0.377 e. The van der Waals surface area contributed by atoms with Crippen LogP contribution in [-0.2, 0) is 0 Å². The van der Waals surface area contributed by atoms with Gasteiger partial charge in [0, 0.05) is 21.5 Å². The highest BCUT2D eigenvalue weighted by molar-refractivity contribution is 7.12. The van der Waals surface area contributed by atoms with Crippen molar-refractivity contribution in [1.29, 1.82) is 5.26 Å². The van der Waals surface area contributed by atoms with Gasteiger partial charge in [0.15, 0.2) is 0 Å². The van der Waals surface area contributed by atoms with E-state index in [9.17, 15) is 5.26 Å². The molecule has 20 heavy (non-hydrogen) atoms. The van der Waals surface area contributed by atoms with Gasteiger partial charge in [0.25, 0.3) is 0 Å². The van der Waals surface area contributed by atoms with E-state index in [2.05, 4.69) is 43.2 Å². The molecule has 0 aliphatic heterocycles. The fourth-order valence-electron chi connectivity index (χ4n) is 2.48. The molecule has 0 amide bonds. The lowest BCUT2D eigenvalue weighted by molar-refractivity contribution is 0.877. The van der Waals surface area contributed by atoms with Crippen molar-refractivity contribution in [1.82, 2.24) is 4.98 Å². The number of rotatable bonds is 3. The van der Waals surface area contributed by atoms with Gasteiger partial charge in [-0.3, -0.25) is 4.98 Å². The van der Waals surface area contributed by atoms with E-state index in [0.29, 0.717) is 5.56 Å². The molecule has 0 radical (unpaired) electrons. The normalized spacial score (nSPS) is 12.0. The molecule has 2 heterocycles. The van der Waals surface area contributed by atoms with Gasteiger partial charge in [-0.25, -0.2) is 0 Å². The standard InChI is InChI=1S/C16H19N3S/c1-9-6-16(15(8-17)12(4)18-9)19-11(3)14-7-10(2)20-13(14)5/h6-7,11H,1-5H3,(H,18,19). The first-order valence-corrected chi connectivity index (χ1v) is 7.45. The van der Waals surface area contributed by atoms with E-state index < -0.39 is 0 Å². The number of nitrogens with one attached hydrogen (secondary N) is 1. The molecule has 1 atom stereocenters. The number of hydrogen-bond acceptors (Lipinski definition) is 4. The Balaban J connectivity index is 2.35. The van der Waals surface area contributed by atoms with Gasteiger partial charge in [-0.15, -0.1) is 11.3 Å². The molecule has 104 valence electrons. The summed E-state index contributed by atoms with van der Waals surface area (Å²) in [7, 11) is 0. The Hall–Kier alpha value is -1.86. The molecule has 3 nitrogen and oxygen atoms in total. The Morgan fingerprint density at radius 2 is 1.95 bits per heavy atom. The minimum absolute atomic E-state index is 0.174. The summed E-state index contributed by atoms with van der Waals surface area (Å²) < 4.78 is 0. The van der Waals surface area contributed by atoms with E-state index in [-0.39, 0.29) is 6.04 Å². The third-order valence-corrected chi connectivity index (χ3v) is 4.34. The Labute approximate surface area is 124 Å². The maximum Gasteiger partial charge on any atom is 0.103 e. The van der Waals surface area contributed by atoms with Crippen LogP contribution in [0.1, 0.15) is 45.2 Å². The molecule has 1 N–H and O–H groups in total. The average molecular weight is 285 g/mol. The lowest BCUT2D eigenvalue weighted by Gasteiger charge is -2.17. The molecule has 0 aliphatic carbocycles. The number of anilines is 1. The van der Waals surface area contributed by atoms with E-state index in [1.54, 1.807) is 0 Å². The number of aryl methyl sites for hydroxylation is 4. The third kappa shape index (κ3) is 2.83. The van der Waals surface area contributed by atoms with Crippen LogP contribution in [-0.4, -0.2) is 4.98 Å². The van der Waals surface area contributed by atoms with Crippen LogP contribution in [0.3, 0.4) is 0 Å². The molecule has 2 aromatic rings. The zero-order valence-corrected chi connectivity index (χ0v) is 13.4. The quantitative estimate of drug-likeness (QED) is 0.908. The summed E-state index contributed by atoms with van der Waals surface area (Å²) >= 11 is 1.81. The molecule has 0 saturated heterocycles. The molecule has 2 aromatic heterocycles. The highest BCUT2D eigenvalue weighted by atomic mass is 32.1. The van der Waals surface area contributed by atoms with E-state index >= 15 is 0 Å². The lowest BCUT2D eigenvalue weighted by Crippen LogP contribution is -2.09. The van der Waals surface area contributed by atoms with Gasteiger partial charge in [0.1, 0.15) is 6.07 Å². The Kier molecular flexibility index (Phi) is 4.10. The highest BCUT2D eigenvalue weighted by Gasteiger charge is 2.14. The molecule has 1 unspecified atom stereocenters. The van der Waals surface area contributed by atoms with Gasteiger partial charge in [0.2, 0.25) is 0 Å². The maximum absolute atomic E-state index is 9.30. The summed E-state index contributed by atoms with van der Waals surface area (Å²) in [5, 5.41) is 12.8. The summed E-state index contributed by atoms with van der Waals surface area (Å²) in [6.45, 7) is 10.2. The zero-order valence-electron chi connectivity index (χ0n) is 12.5. The molecule has 0 aromatic carbocycles. The minimum atomic E-state index is 0.174. The number of nitriles is 1. The van der Waals surface area contributed by atoms with Gasteiger partial charge in [-0.2, -0.15) is 5.26 Å². The lowest BCUT2D eigenvalue weighted by atomic mass is 10.1. The van der Waals surface area contributed by atoms with Crippen molar-refractivity contribution in [2.45, 2.75) is 40.7 Å². The predicted molar refractivity (Wildman–Crippen MR) is 84.3 cm³/mol. The van der Waals surface area contributed by atoms with Crippen molar-refractivity contribution in [2.75, 3.05) is 5.32 Å². The zero-order chi connectivity index (χ0) is 14.9. The summed E-state index contributed by atoms with van der Waals surface area (Å²) in [5.41, 5.74) is 4.50. The SMILES string of the molecule is Cc1cc(NC(C)c2cc(C)sc2C)c(C#N)c(C)n1. The topological polar surface area (TPSA) is 48.7 Å². The molecule has 0 saturated carbocycles. The second kappa shape index (κ2) is 5.64. The van der Waals surface area contributed by atoms with Gasteiger partial charge in [0.05, 0.1) is 16.9 Å². The molecule has 0 fully saturated rings. The fraction of sp³-hybridized carbons (Fsp3) is 0.375. The van der Waals surface area contributed by atoms with Crippen molar-refractivity contribution in [3.63, 3.8) is 0 Å². The van der Waals surface area contributed by atoms with Crippen LogP contribution >= 0.6 is 11.3 Å². The summed E-state index contributed by atoms with van der Waals surface area (Å²) in [5.74, 6) is 0. The van der Waals surface area contributed by atoms with E-state index in [4.69, 9.17) is 0 Å². The first kappa shape index (κ1) is 14.5. The van der Waals surface area contributed by atoms with E-state index in [1.807, 2.05) is 31.3 Å². The second-order valence-corrected chi connectivity index (χ2v) is 6.58. The Morgan fingerprint density at radius 1 is 1.25 bits per heavy atom. The predicted octanol–water partition coefficient (Wildman–Crippen LogP) is 4.42. The van der Waals surface area contributed by atoms with Crippen molar-refractivity contribution in [3.8, 4) is 6.07 Å². The second-order valence-electron chi connectivity index (χ2n) is 5.12. The molecule has 0 spiro atoms. The van der Waals surface area contributed by atoms with E-state index in [1.165, 1.54) is 15.3 Å². The fourth-order valence-corrected chi connectivity index (χ4v) is 3.50. The van der Waals surface area contributed by atoms with Crippen LogP contribution < -0.4 is 5.32 Å². The molecular weight excluding hydrogens is 266 g/mol. The monoisotopic (exact) mass is 285 g/mol. The van der Waals surface area contributed by atoms with Crippen LogP contribution in [0.25, 0.3) is 0 Å². The van der Waals surface area contributed by atoms with E-state index in [0.717, 1.165) is 17.1 Å². The van der Waals surface area contributed by atoms with Gasteiger partial charge in [-0.1, -0.05) is 0 Å². The number of pyridine rings is 1. The molecule has 2 rings (SSSR count). The molecule has 4 heteroatoms. The Bertz CT molecular complexity index is 680. The molecule has 0 aliphatic rings. The van der Waals surface area contributed by atoms with Crippen LogP contribution in [0, 0.1) is 39.0 Å². The first-order valence-electron chi connectivity index (χ1n) is 6.64. The summed E-state index contributed by atoms with van der Waals surface area (Å²) in [4.78, 5) is 6.98. The third-order valence-electron chi connectivity index (χ3n) is 3.36. The number of hydrogen-bond donors (Lipinski definition) is 1. The number of nitrogens with zero attached hydrogens (tertiary/aromatic N) is 2. The van der Waals surface area contributed by atoms with Crippen LogP contribution in [0.15, 0.2) is 12.1 Å². The molecule has 0 bridgehead atoms. The van der Waals surface area contributed by atoms with Gasteiger partial charge >= 0.3 is 0 Å². The molecular formula is C16H19N3S. The highest BCUT2D eigenvalue weighted by Crippen LogP contribution is 2.30. The van der Waals surface area contributed by atoms with Crippen molar-refractivity contribution < 1.29 is 0 Å². The average Bonchev–Trinajstić information content (AvgIpc) is 2.68. The van der Waals surface area contributed by atoms with Crippen LogP contribution in [0.4, 0.5) is 5.69 Å². The van der Waals surface area contributed by atoms with Crippen LogP contribution in [0.2, 0.25) is 0 Å². The van der Waals surface area contributed by atoms with Crippen LogP contribution in [0.5, 0.6) is 0 Å². The first-order chi connectivity index (χ1) is 9.42. The summed E-state index contributed by atoms with van der Waals surface area (Å²) in [6, 6.07) is 6.57. The maximum atomic E-state index is 9.30.